The highest BCUT2D eigenvalue weighted by atomic mass is 16.6. The van der Waals surface area contributed by atoms with E-state index in [1.54, 1.807) is 4.90 Å². The Morgan fingerprint density at radius 1 is 1.12 bits per heavy atom. The summed E-state index contributed by atoms with van der Waals surface area (Å²) < 4.78 is 14.7. The van der Waals surface area contributed by atoms with Crippen LogP contribution < -0.4 is 10.6 Å². The van der Waals surface area contributed by atoms with E-state index in [1.807, 2.05) is 45.0 Å². The van der Waals surface area contributed by atoms with Gasteiger partial charge in [0.15, 0.2) is 0 Å². The van der Waals surface area contributed by atoms with Crippen LogP contribution in [0.2, 0.25) is 0 Å². The van der Waals surface area contributed by atoms with Gasteiger partial charge in [-0.3, -0.25) is 0 Å². The predicted octanol–water partition coefficient (Wildman–Crippen LogP) is 3.07. The molecule has 0 saturated carbocycles. The van der Waals surface area contributed by atoms with Gasteiger partial charge in [0.2, 0.25) is 0 Å². The third-order valence-electron chi connectivity index (χ3n) is 5.03. The maximum absolute atomic E-state index is 12.3. The number of likely N-dealkylation sites (tertiary alicyclic amines) is 1. The van der Waals surface area contributed by atoms with Crippen molar-refractivity contribution in [3.63, 3.8) is 0 Å². The van der Waals surface area contributed by atoms with Gasteiger partial charge < -0.3 is 29.7 Å². The van der Waals surface area contributed by atoms with E-state index in [9.17, 15) is 14.4 Å². The molecule has 0 aliphatic carbocycles. The summed E-state index contributed by atoms with van der Waals surface area (Å²) in [6, 6.07) is 7.48. The summed E-state index contributed by atoms with van der Waals surface area (Å²) in [5.41, 5.74) is 1.20. The van der Waals surface area contributed by atoms with Crippen LogP contribution in [0.3, 0.4) is 0 Å². The second kappa shape index (κ2) is 12.2. The van der Waals surface area contributed by atoms with Crippen LogP contribution in [0.25, 0.3) is 0 Å². The zero-order chi connectivity index (χ0) is 24.4. The third kappa shape index (κ3) is 9.13. The molecule has 1 unspecified atom stereocenters. The van der Waals surface area contributed by atoms with Crippen LogP contribution in [0.4, 0.5) is 10.5 Å². The maximum Gasteiger partial charge on any atom is 0.410 e. The van der Waals surface area contributed by atoms with Gasteiger partial charge >= 0.3 is 18.0 Å². The van der Waals surface area contributed by atoms with E-state index >= 15 is 0 Å². The molecule has 1 fully saturated rings. The highest BCUT2D eigenvalue weighted by molar-refractivity contribution is 5.98. The van der Waals surface area contributed by atoms with E-state index in [0.717, 1.165) is 37.6 Å². The third-order valence-corrected chi connectivity index (χ3v) is 5.03. The van der Waals surface area contributed by atoms with Crippen LogP contribution >= 0.6 is 0 Å². The fraction of sp³-hybridized carbons (Fsp3) is 0.542. The lowest BCUT2D eigenvalue weighted by Crippen LogP contribution is -2.44. The van der Waals surface area contributed by atoms with Crippen LogP contribution in [0.15, 0.2) is 36.0 Å². The molecule has 0 bridgehead atoms. The normalized spacial score (nSPS) is 16.7. The molecule has 0 aromatic heterocycles. The number of piperidine rings is 1. The van der Waals surface area contributed by atoms with Gasteiger partial charge in [0.05, 0.1) is 20.3 Å². The maximum atomic E-state index is 12.3. The van der Waals surface area contributed by atoms with E-state index in [-0.39, 0.29) is 11.8 Å². The Kier molecular flexibility index (Phi) is 9.72. The van der Waals surface area contributed by atoms with Gasteiger partial charge in [0.1, 0.15) is 11.3 Å². The molecule has 0 spiro atoms. The molecule has 1 aromatic carbocycles. The van der Waals surface area contributed by atoms with E-state index in [0.29, 0.717) is 24.7 Å². The van der Waals surface area contributed by atoms with Gasteiger partial charge in [-0.25, -0.2) is 14.4 Å². The van der Waals surface area contributed by atoms with Gasteiger partial charge in [-0.1, -0.05) is 12.1 Å². The first-order valence-electron chi connectivity index (χ1n) is 11.0. The number of anilines is 1. The summed E-state index contributed by atoms with van der Waals surface area (Å²) in [5, 5.41) is 6.33. The van der Waals surface area contributed by atoms with Crippen molar-refractivity contribution in [2.45, 2.75) is 45.8 Å². The Morgan fingerprint density at radius 2 is 1.82 bits per heavy atom. The molecule has 1 aliphatic heterocycles. The molecule has 9 nitrogen and oxygen atoms in total. The minimum atomic E-state index is -0.668. The Morgan fingerprint density at radius 3 is 2.42 bits per heavy atom. The van der Waals surface area contributed by atoms with E-state index in [2.05, 4.69) is 15.4 Å². The van der Waals surface area contributed by atoms with E-state index in [4.69, 9.17) is 9.47 Å². The fourth-order valence-electron chi connectivity index (χ4n) is 3.44. The second-order valence-electron chi connectivity index (χ2n) is 8.96. The van der Waals surface area contributed by atoms with Crippen molar-refractivity contribution < 1.29 is 28.6 Å². The number of benzene rings is 1. The number of carbonyl (C=O) groups is 3. The SMILES string of the molecule is COC(=O)/C=C(/Nc1ccc(CNCC2CCCN(C(=O)OC(C)(C)C)C2)cc1)C(=O)OC. The second-order valence-corrected chi connectivity index (χ2v) is 8.96. The van der Waals surface area contributed by atoms with Crippen molar-refractivity contribution in [2.24, 2.45) is 5.92 Å². The van der Waals surface area contributed by atoms with Crippen molar-refractivity contribution in [2.75, 3.05) is 39.2 Å². The van der Waals surface area contributed by atoms with Crippen LogP contribution in [0, 0.1) is 5.92 Å². The standard InChI is InChI=1S/C24H35N3O6/c1-24(2,3)33-23(30)27-12-6-7-18(16-27)15-25-14-17-8-10-19(11-9-17)26-20(22(29)32-5)13-21(28)31-4/h8-11,13,18,25-26H,6-7,12,14-16H2,1-5H3/b20-13+. The molecular weight excluding hydrogens is 426 g/mol. The molecule has 1 atom stereocenters. The minimum absolute atomic E-state index is 0.0120. The Labute approximate surface area is 195 Å². The van der Waals surface area contributed by atoms with E-state index < -0.39 is 17.5 Å². The Bertz CT molecular complexity index is 845. The molecule has 1 amide bonds. The summed E-state index contributed by atoms with van der Waals surface area (Å²) in [4.78, 5) is 37.4. The van der Waals surface area contributed by atoms with Crippen molar-refractivity contribution in [1.29, 1.82) is 0 Å². The number of hydrogen-bond acceptors (Lipinski definition) is 8. The van der Waals surface area contributed by atoms with E-state index in [1.165, 1.54) is 14.2 Å². The zero-order valence-electron chi connectivity index (χ0n) is 20.1. The van der Waals surface area contributed by atoms with Gasteiger partial charge in [0, 0.05) is 25.3 Å². The monoisotopic (exact) mass is 461 g/mol. The number of ether oxygens (including phenoxy) is 3. The van der Waals surface area contributed by atoms with Gasteiger partial charge in [-0.15, -0.1) is 0 Å². The highest BCUT2D eigenvalue weighted by Crippen LogP contribution is 2.19. The summed E-state index contributed by atoms with van der Waals surface area (Å²) >= 11 is 0. The average Bonchev–Trinajstić information content (AvgIpc) is 2.78. The zero-order valence-corrected chi connectivity index (χ0v) is 20.1. The number of esters is 2. The van der Waals surface area contributed by atoms with Gasteiger partial charge in [-0.2, -0.15) is 0 Å². The number of methoxy groups -OCH3 is 2. The molecule has 1 saturated heterocycles. The molecule has 1 aromatic rings. The van der Waals surface area contributed by atoms with Crippen LogP contribution in [0.1, 0.15) is 39.2 Å². The Balaban J connectivity index is 1.84. The van der Waals surface area contributed by atoms with Crippen molar-refractivity contribution in [1.82, 2.24) is 10.2 Å². The number of amides is 1. The number of rotatable bonds is 8. The molecule has 182 valence electrons. The molecule has 1 aliphatic rings. The number of hydrogen-bond donors (Lipinski definition) is 2. The molecule has 1 heterocycles. The summed E-state index contributed by atoms with van der Waals surface area (Å²) in [5.74, 6) is -0.950. The lowest BCUT2D eigenvalue weighted by molar-refractivity contribution is -0.138. The van der Waals surface area contributed by atoms with Crippen molar-refractivity contribution in [3.05, 3.63) is 41.6 Å². The molecular formula is C24H35N3O6. The molecule has 0 radical (unpaired) electrons. The lowest BCUT2D eigenvalue weighted by atomic mass is 9.98. The van der Waals surface area contributed by atoms with Crippen molar-refractivity contribution >= 4 is 23.7 Å². The summed E-state index contributed by atoms with van der Waals surface area (Å²) in [6.45, 7) is 8.52. The molecule has 2 N–H and O–H groups in total. The van der Waals surface area contributed by atoms with Crippen LogP contribution in [-0.4, -0.2) is 62.4 Å². The minimum Gasteiger partial charge on any atom is -0.466 e. The largest absolute Gasteiger partial charge is 0.466 e. The fourth-order valence-corrected chi connectivity index (χ4v) is 3.44. The lowest BCUT2D eigenvalue weighted by Gasteiger charge is -2.34. The first-order valence-corrected chi connectivity index (χ1v) is 11.0. The first kappa shape index (κ1) is 26.2. The number of nitrogens with one attached hydrogen (secondary N) is 2. The number of nitrogens with zero attached hydrogens (tertiary/aromatic N) is 1. The average molecular weight is 462 g/mol. The molecule has 2 rings (SSSR count). The number of carbonyl (C=O) groups excluding carboxylic acids is 3. The van der Waals surface area contributed by atoms with Crippen LogP contribution in [0.5, 0.6) is 0 Å². The summed E-state index contributed by atoms with van der Waals surface area (Å²) in [7, 11) is 2.47. The molecule has 9 heteroatoms. The smallest absolute Gasteiger partial charge is 0.410 e. The van der Waals surface area contributed by atoms with Gasteiger partial charge in [-0.05, 0) is 63.8 Å². The highest BCUT2D eigenvalue weighted by Gasteiger charge is 2.27. The van der Waals surface area contributed by atoms with Gasteiger partial charge in [0.25, 0.3) is 0 Å². The van der Waals surface area contributed by atoms with Crippen molar-refractivity contribution in [3.8, 4) is 0 Å². The topological polar surface area (TPSA) is 106 Å². The molecule has 33 heavy (non-hydrogen) atoms. The van der Waals surface area contributed by atoms with Crippen LogP contribution in [-0.2, 0) is 30.3 Å². The predicted molar refractivity (Wildman–Crippen MR) is 124 cm³/mol. The quantitative estimate of drug-likeness (QED) is 0.346. The summed E-state index contributed by atoms with van der Waals surface area (Å²) in [6.07, 6.45) is 2.83. The Hall–Kier alpha value is -3.07. The first-order chi connectivity index (χ1) is 15.6.